The van der Waals surface area contributed by atoms with E-state index in [4.69, 9.17) is 4.74 Å². The van der Waals surface area contributed by atoms with Crippen LogP contribution < -0.4 is 15.0 Å². The minimum absolute atomic E-state index is 0.0309. The summed E-state index contributed by atoms with van der Waals surface area (Å²) < 4.78 is 5.26. The number of piperidine rings is 1. The molecule has 0 aromatic heterocycles. The van der Waals surface area contributed by atoms with Crippen LogP contribution in [-0.2, 0) is 9.59 Å². The van der Waals surface area contributed by atoms with Crippen LogP contribution in [0.3, 0.4) is 0 Å². The first-order chi connectivity index (χ1) is 16.0. The molecule has 0 spiro atoms. The zero-order valence-corrected chi connectivity index (χ0v) is 18.7. The van der Waals surface area contributed by atoms with Crippen LogP contribution in [0, 0.1) is 5.92 Å². The molecular formula is C27H26N2O4. The van der Waals surface area contributed by atoms with E-state index in [-0.39, 0.29) is 24.0 Å². The molecule has 4 rings (SSSR count). The molecule has 0 radical (unpaired) electrons. The van der Waals surface area contributed by atoms with E-state index in [1.165, 1.54) is 6.92 Å². The van der Waals surface area contributed by atoms with E-state index < -0.39 is 12.0 Å². The highest BCUT2D eigenvalue weighted by Crippen LogP contribution is 2.40. The van der Waals surface area contributed by atoms with Gasteiger partial charge in [0.1, 0.15) is 5.75 Å². The van der Waals surface area contributed by atoms with E-state index in [1.54, 1.807) is 36.3 Å². The van der Waals surface area contributed by atoms with Crippen LogP contribution in [0.1, 0.15) is 41.7 Å². The first-order valence-corrected chi connectivity index (χ1v) is 10.9. The summed E-state index contributed by atoms with van der Waals surface area (Å²) in [6.07, 6.45) is 0.699. The van der Waals surface area contributed by atoms with Gasteiger partial charge in [0.05, 0.1) is 19.1 Å². The first-order valence-electron chi connectivity index (χ1n) is 10.9. The van der Waals surface area contributed by atoms with Crippen molar-refractivity contribution in [2.75, 3.05) is 17.3 Å². The monoisotopic (exact) mass is 442 g/mol. The third-order valence-electron chi connectivity index (χ3n) is 5.96. The molecule has 1 aliphatic heterocycles. The summed E-state index contributed by atoms with van der Waals surface area (Å²) in [6, 6.07) is 23.3. The number of Topliss-reactive ketones (excluding diaryl/α,β-unsaturated/α-hetero) is 1. The van der Waals surface area contributed by atoms with E-state index in [0.29, 0.717) is 29.1 Å². The van der Waals surface area contributed by atoms with E-state index >= 15 is 0 Å². The maximum Gasteiger partial charge on any atom is 0.229 e. The van der Waals surface area contributed by atoms with Gasteiger partial charge in [-0.2, -0.15) is 0 Å². The molecule has 0 saturated carbocycles. The molecule has 1 saturated heterocycles. The lowest BCUT2D eigenvalue weighted by molar-refractivity contribution is -0.125. The van der Waals surface area contributed by atoms with Gasteiger partial charge < -0.3 is 15.0 Å². The van der Waals surface area contributed by atoms with Gasteiger partial charge in [-0.3, -0.25) is 14.4 Å². The van der Waals surface area contributed by atoms with Gasteiger partial charge in [-0.25, -0.2) is 0 Å². The molecule has 1 fully saturated rings. The summed E-state index contributed by atoms with van der Waals surface area (Å²) in [5.74, 6) is -0.0540. The minimum atomic E-state index is -0.465. The Morgan fingerprint density at radius 3 is 2.36 bits per heavy atom. The third kappa shape index (κ3) is 4.80. The largest absolute Gasteiger partial charge is 0.497 e. The number of ether oxygens (including phenoxy) is 1. The summed E-state index contributed by atoms with van der Waals surface area (Å²) in [7, 11) is 1.59. The van der Waals surface area contributed by atoms with Crippen molar-refractivity contribution in [3.8, 4) is 5.75 Å². The molecule has 168 valence electrons. The normalized spacial score (nSPS) is 18.0. The molecule has 0 bridgehead atoms. The zero-order chi connectivity index (χ0) is 23.4. The Morgan fingerprint density at radius 1 is 0.970 bits per heavy atom. The number of carbonyl (C=O) groups excluding carboxylic acids is 3. The Labute approximate surface area is 193 Å². The number of ketones is 1. The fourth-order valence-electron chi connectivity index (χ4n) is 4.30. The second-order valence-corrected chi connectivity index (χ2v) is 8.09. The Kier molecular flexibility index (Phi) is 6.54. The lowest BCUT2D eigenvalue weighted by atomic mass is 9.83. The van der Waals surface area contributed by atoms with Gasteiger partial charge in [-0.15, -0.1) is 0 Å². The lowest BCUT2D eigenvalue weighted by Crippen LogP contribution is -2.46. The number of rotatable bonds is 6. The van der Waals surface area contributed by atoms with Crippen LogP contribution in [0.4, 0.5) is 11.4 Å². The maximum absolute atomic E-state index is 13.5. The molecular weight excluding hydrogens is 416 g/mol. The van der Waals surface area contributed by atoms with Gasteiger partial charge in [0.25, 0.3) is 0 Å². The highest BCUT2D eigenvalue weighted by Gasteiger charge is 2.41. The smallest absolute Gasteiger partial charge is 0.229 e. The predicted molar refractivity (Wildman–Crippen MR) is 127 cm³/mol. The van der Waals surface area contributed by atoms with E-state index in [1.807, 2.05) is 54.6 Å². The van der Waals surface area contributed by atoms with Crippen LogP contribution in [-0.4, -0.2) is 24.7 Å². The molecule has 33 heavy (non-hydrogen) atoms. The topological polar surface area (TPSA) is 75.7 Å². The Hall–Kier alpha value is -3.93. The molecule has 3 aromatic rings. The fourth-order valence-corrected chi connectivity index (χ4v) is 4.30. The van der Waals surface area contributed by atoms with Crippen LogP contribution in [0.5, 0.6) is 5.75 Å². The molecule has 1 N–H and O–H groups in total. The zero-order valence-electron chi connectivity index (χ0n) is 18.7. The van der Waals surface area contributed by atoms with Gasteiger partial charge in [0.2, 0.25) is 11.8 Å². The summed E-state index contributed by atoms with van der Waals surface area (Å²) in [5.41, 5.74) is 2.70. The molecule has 1 heterocycles. The van der Waals surface area contributed by atoms with Gasteiger partial charge >= 0.3 is 0 Å². The predicted octanol–water partition coefficient (Wildman–Crippen LogP) is 5.02. The Balaban J connectivity index is 1.70. The molecule has 2 amide bonds. The van der Waals surface area contributed by atoms with Gasteiger partial charge in [0, 0.05) is 23.4 Å². The van der Waals surface area contributed by atoms with Crippen LogP contribution in [0.2, 0.25) is 0 Å². The summed E-state index contributed by atoms with van der Waals surface area (Å²) in [6.45, 7) is 1.49. The quantitative estimate of drug-likeness (QED) is 0.544. The van der Waals surface area contributed by atoms with Crippen molar-refractivity contribution in [1.29, 1.82) is 0 Å². The number of nitrogens with zero attached hydrogens (tertiary/aromatic N) is 1. The number of hydrogen-bond acceptors (Lipinski definition) is 4. The molecule has 1 aliphatic rings. The van der Waals surface area contributed by atoms with Crippen LogP contribution in [0.25, 0.3) is 0 Å². The molecule has 6 nitrogen and oxygen atoms in total. The number of amides is 2. The third-order valence-corrected chi connectivity index (χ3v) is 5.96. The summed E-state index contributed by atoms with van der Waals surface area (Å²) in [4.78, 5) is 40.0. The minimum Gasteiger partial charge on any atom is -0.497 e. The summed E-state index contributed by atoms with van der Waals surface area (Å²) >= 11 is 0. The Bertz CT molecular complexity index is 1160. The average molecular weight is 443 g/mol. The second kappa shape index (κ2) is 9.69. The van der Waals surface area contributed by atoms with E-state index in [0.717, 1.165) is 5.56 Å². The fraction of sp³-hybridized carbons (Fsp3) is 0.222. The number of anilines is 2. The van der Waals surface area contributed by atoms with Crippen molar-refractivity contribution >= 4 is 29.0 Å². The van der Waals surface area contributed by atoms with Gasteiger partial charge in [0.15, 0.2) is 5.78 Å². The van der Waals surface area contributed by atoms with Crippen molar-refractivity contribution < 1.29 is 19.1 Å². The van der Waals surface area contributed by atoms with Crippen LogP contribution in [0.15, 0.2) is 78.9 Å². The highest BCUT2D eigenvalue weighted by molar-refractivity contribution is 6.01. The molecule has 3 aromatic carbocycles. The Morgan fingerprint density at radius 2 is 1.70 bits per heavy atom. The van der Waals surface area contributed by atoms with Crippen molar-refractivity contribution in [2.45, 2.75) is 25.8 Å². The van der Waals surface area contributed by atoms with E-state index in [9.17, 15) is 14.4 Å². The molecule has 6 heteroatoms. The standard InChI is InChI=1S/C27H26N2O4/c1-18(30)20-9-6-10-21(17-20)28-27(32)24-15-16-25(31)29(22-11-13-23(33-2)14-12-22)26(24)19-7-4-3-5-8-19/h3-14,17,24,26H,15-16H2,1-2H3,(H,28,32). The number of hydrogen-bond donors (Lipinski definition) is 1. The number of nitrogens with one attached hydrogen (secondary N) is 1. The van der Waals surface area contributed by atoms with E-state index in [2.05, 4.69) is 5.32 Å². The number of methoxy groups -OCH3 is 1. The number of benzene rings is 3. The van der Waals surface area contributed by atoms with Gasteiger partial charge in [-0.05, 0) is 55.3 Å². The average Bonchev–Trinajstić information content (AvgIpc) is 2.84. The summed E-state index contributed by atoms with van der Waals surface area (Å²) in [5, 5.41) is 2.96. The maximum atomic E-state index is 13.5. The van der Waals surface area contributed by atoms with Crippen molar-refractivity contribution in [3.63, 3.8) is 0 Å². The molecule has 2 atom stereocenters. The number of carbonyl (C=O) groups is 3. The van der Waals surface area contributed by atoms with Crippen molar-refractivity contribution in [2.24, 2.45) is 5.92 Å². The van der Waals surface area contributed by atoms with Crippen molar-refractivity contribution in [3.05, 3.63) is 90.0 Å². The van der Waals surface area contributed by atoms with Crippen LogP contribution >= 0.6 is 0 Å². The lowest BCUT2D eigenvalue weighted by Gasteiger charge is -2.41. The van der Waals surface area contributed by atoms with Gasteiger partial charge in [-0.1, -0.05) is 42.5 Å². The second-order valence-electron chi connectivity index (χ2n) is 8.09. The van der Waals surface area contributed by atoms with Crippen molar-refractivity contribution in [1.82, 2.24) is 0 Å². The first kappa shape index (κ1) is 22.3. The SMILES string of the molecule is COc1ccc(N2C(=O)CCC(C(=O)Nc3cccc(C(C)=O)c3)C2c2ccccc2)cc1. The molecule has 0 aliphatic carbocycles. The molecule has 2 unspecified atom stereocenters. The highest BCUT2D eigenvalue weighted by atomic mass is 16.5.